The quantitative estimate of drug-likeness (QED) is 0.0389. The number of nitrogens with zero attached hydrogens (tertiary/aromatic N) is 1. The maximum atomic E-state index is 14.0. The summed E-state index contributed by atoms with van der Waals surface area (Å²) in [5.74, 6) is -9.85. The highest BCUT2D eigenvalue weighted by molar-refractivity contribution is 5.95. The van der Waals surface area contributed by atoms with Gasteiger partial charge in [0.25, 0.3) is 5.79 Å². The first kappa shape index (κ1) is 49.5. The van der Waals surface area contributed by atoms with Crippen molar-refractivity contribution in [1.82, 2.24) is 5.32 Å². The number of phenols is 1. The number of hydroxylamine groups is 2. The Morgan fingerprint density at radius 2 is 1.68 bits per heavy atom. The number of aliphatic hydroxyl groups excluding tert-OH is 5. The van der Waals surface area contributed by atoms with Gasteiger partial charge in [0.1, 0.15) is 60.1 Å². The first-order chi connectivity index (χ1) is 32.9. The number of aromatic hydroxyl groups is 1. The van der Waals surface area contributed by atoms with Gasteiger partial charge < -0.3 is 64.6 Å². The third-order valence-corrected chi connectivity index (χ3v) is 13.2. The Morgan fingerprint density at radius 3 is 2.33 bits per heavy atom. The Hall–Kier alpha value is -5.88. The summed E-state index contributed by atoms with van der Waals surface area (Å²) >= 11 is 0. The van der Waals surface area contributed by atoms with E-state index in [-0.39, 0.29) is 39.6 Å². The summed E-state index contributed by atoms with van der Waals surface area (Å²) in [7, 11) is 0. The van der Waals surface area contributed by atoms with Crippen molar-refractivity contribution in [3.05, 3.63) is 111 Å². The third-order valence-electron chi connectivity index (χ3n) is 13.2. The number of allylic oxidation sites excluding steroid dienone is 1. The van der Waals surface area contributed by atoms with Gasteiger partial charge in [-0.1, -0.05) is 48.6 Å². The van der Waals surface area contributed by atoms with Crippen LogP contribution in [0.4, 0.5) is 0 Å². The second-order valence-corrected chi connectivity index (χ2v) is 18.1. The number of benzene rings is 3. The number of ether oxygens (including phenoxy) is 3. The maximum Gasteiger partial charge on any atom is 0.327 e. The van der Waals surface area contributed by atoms with Crippen molar-refractivity contribution in [2.45, 2.75) is 100 Å². The van der Waals surface area contributed by atoms with Crippen molar-refractivity contribution in [1.29, 1.82) is 0 Å². The van der Waals surface area contributed by atoms with Gasteiger partial charge in [0.2, 0.25) is 11.9 Å². The predicted molar refractivity (Wildman–Crippen MR) is 243 cm³/mol. The second kappa shape index (κ2) is 19.9. The first-order valence-corrected chi connectivity index (χ1v) is 22.6. The Morgan fingerprint density at radius 1 is 0.971 bits per heavy atom. The average Bonchev–Trinajstić information content (AvgIpc) is 3.90. The highest BCUT2D eigenvalue weighted by Crippen LogP contribution is 2.40. The molecular weight excluding hydrogens is 903 g/mol. The molecule has 1 aliphatic carbocycles. The number of hydrogen-bond donors (Lipinski definition) is 11. The monoisotopic (exact) mass is 958 g/mol. The molecule has 0 spiro atoms. The molecule has 1 aromatic heterocycles. The van der Waals surface area contributed by atoms with Gasteiger partial charge in [-0.3, -0.25) is 19.7 Å². The van der Waals surface area contributed by atoms with Gasteiger partial charge in [-0.15, -0.1) is 0 Å². The van der Waals surface area contributed by atoms with Crippen molar-refractivity contribution >= 4 is 34.8 Å². The summed E-state index contributed by atoms with van der Waals surface area (Å²) in [6, 6.07) is 15.1. The number of aryl methyl sites for hydroxylation is 2. The Labute approximate surface area is 394 Å². The minimum Gasteiger partial charge on any atom is -0.508 e. The lowest BCUT2D eigenvalue weighted by molar-refractivity contribution is -1.04. The van der Waals surface area contributed by atoms with Gasteiger partial charge >= 0.3 is 11.9 Å². The van der Waals surface area contributed by atoms with Crippen LogP contribution in [0.25, 0.3) is 27.8 Å². The van der Waals surface area contributed by atoms with E-state index in [1.807, 2.05) is 32.0 Å². The highest BCUT2D eigenvalue weighted by Gasteiger charge is 2.67. The van der Waals surface area contributed by atoms with E-state index >= 15 is 0 Å². The van der Waals surface area contributed by atoms with Gasteiger partial charge in [-0.2, -0.15) is 9.90 Å². The lowest BCUT2D eigenvalue weighted by Crippen LogP contribution is -3.10. The number of phenolic OH excluding ortho intramolecular Hbond substituents is 1. The summed E-state index contributed by atoms with van der Waals surface area (Å²) < 4.78 is 23.7. The van der Waals surface area contributed by atoms with Crippen molar-refractivity contribution in [2.75, 3.05) is 26.4 Å². The Balaban J connectivity index is 1.17. The van der Waals surface area contributed by atoms with Crippen LogP contribution < -0.4 is 20.5 Å². The van der Waals surface area contributed by atoms with Crippen LogP contribution in [-0.2, 0) is 23.9 Å². The Bertz CT molecular complexity index is 2710. The third kappa shape index (κ3) is 9.58. The number of carbonyl (C=O) groups excluding carboxylic acids is 1. The van der Waals surface area contributed by atoms with Crippen LogP contribution in [-0.4, -0.2) is 138 Å². The highest BCUT2D eigenvalue weighted by atomic mass is 16.8. The van der Waals surface area contributed by atoms with Crippen molar-refractivity contribution < 1.29 is 84.1 Å². The summed E-state index contributed by atoms with van der Waals surface area (Å²) in [5, 5.41) is 103. The number of carboxylic acid groups (broad SMARTS) is 1. The number of quaternary nitrogens is 1. The summed E-state index contributed by atoms with van der Waals surface area (Å²) in [6.07, 6.45) is -2.01. The van der Waals surface area contributed by atoms with Crippen LogP contribution in [0, 0.1) is 19.8 Å². The predicted octanol–water partition coefficient (Wildman–Crippen LogP) is 0.467. The molecule has 1 saturated heterocycles. The van der Waals surface area contributed by atoms with E-state index in [4.69, 9.17) is 23.5 Å². The first-order valence-electron chi connectivity index (χ1n) is 22.6. The molecule has 0 radical (unpaired) electrons. The molecule has 4 aliphatic rings. The number of aliphatic hydroxyl groups is 7. The number of nitrogens with one attached hydrogen (secondary N) is 2. The van der Waals surface area contributed by atoms with Crippen LogP contribution in [0.1, 0.15) is 55.2 Å². The molecule has 0 amide bonds. The number of aliphatic imine (C=N–C) groups is 1. The Kier molecular flexibility index (Phi) is 14.3. The summed E-state index contributed by atoms with van der Waals surface area (Å²) in [5.41, 5.74) is -0.798. The fraction of sp³-hybridized carbons (Fsp3) is 0.429. The average molecular weight is 959 g/mol. The molecule has 8 rings (SSSR count). The number of aliphatic carboxylic acids is 1. The molecule has 4 heterocycles. The van der Waals surface area contributed by atoms with Crippen LogP contribution in [0.3, 0.4) is 0 Å². The number of carbonyl (C=O) groups is 2. The van der Waals surface area contributed by atoms with Gasteiger partial charge in [-0.25, -0.2) is 4.99 Å². The van der Waals surface area contributed by atoms with E-state index in [1.165, 1.54) is 48.7 Å². The zero-order chi connectivity index (χ0) is 49.4. The van der Waals surface area contributed by atoms with Crippen LogP contribution in [0.5, 0.6) is 11.5 Å². The number of esters is 1. The zero-order valence-electron chi connectivity index (χ0n) is 37.8. The molecule has 0 bridgehead atoms. The molecule has 3 aliphatic heterocycles. The van der Waals surface area contributed by atoms with Gasteiger partial charge in [0.15, 0.2) is 23.1 Å². The SMILES string of the molecule is Cc1cc(C)cc(C2=C3N=CC=C3C[NH+]2OC2(CO)C(Oc3ccc4c(=O)c(-c5ccc(O)cc5)coc4c3)OC(C(O)(CO)OC(=O)C(C(=O)O)C(O)(CCO)NC3CCCCC3)C(O)C2O)c1. The van der Waals surface area contributed by atoms with E-state index in [0.717, 1.165) is 36.0 Å². The minimum absolute atomic E-state index is 0.00850. The maximum absolute atomic E-state index is 14.0. The van der Waals surface area contributed by atoms with Crippen LogP contribution in [0.2, 0.25) is 0 Å². The molecular formula is C49H56N3O17+. The standard InChI is InChI=1S/C49H55N3O17/c1-26-18-27(2)20-30(19-26)39-38-29(14-16-50-38)22-52(39)69-47(24-54)42(59)41(58)43(49(64,25-55)68-45(62)37(44(60)61)48(63,15-17-53)51-31-6-4-3-5-7-31)67-46(47)66-33-12-13-34-36(21-33)65-23-35(40(34)57)28-8-10-32(56)11-9-28/h8-14,16,18-21,23,31,37,41-43,46,51,53-56,58-59,63-64H,3-7,15,17,22,24-25H2,1-2H3,(H,60,61)/p+1. The second-order valence-electron chi connectivity index (χ2n) is 18.1. The van der Waals surface area contributed by atoms with Crippen molar-refractivity contribution in [2.24, 2.45) is 10.9 Å². The smallest absolute Gasteiger partial charge is 0.327 e. The molecule has 69 heavy (non-hydrogen) atoms. The number of rotatable bonds is 17. The molecule has 20 nitrogen and oxygen atoms in total. The van der Waals surface area contributed by atoms with Crippen molar-refractivity contribution in [3.8, 4) is 22.6 Å². The number of fused-ring (bicyclic) bond motifs is 2. The molecule has 368 valence electrons. The molecule has 9 atom stereocenters. The molecule has 11 N–H and O–H groups in total. The fourth-order valence-corrected chi connectivity index (χ4v) is 9.72. The largest absolute Gasteiger partial charge is 0.508 e. The van der Waals surface area contributed by atoms with E-state index in [0.29, 0.717) is 35.4 Å². The molecule has 9 unspecified atom stereocenters. The van der Waals surface area contributed by atoms with E-state index < -0.39 is 97.3 Å². The van der Waals surface area contributed by atoms with E-state index in [2.05, 4.69) is 10.3 Å². The van der Waals surface area contributed by atoms with E-state index in [1.54, 1.807) is 12.3 Å². The van der Waals surface area contributed by atoms with Gasteiger partial charge in [0, 0.05) is 42.5 Å². The topological polar surface area (TPSA) is 312 Å². The number of hydrogen-bond acceptors (Lipinski definition) is 18. The molecule has 20 heteroatoms. The minimum atomic E-state index is -3.41. The van der Waals surface area contributed by atoms with Gasteiger partial charge in [-0.05, 0) is 74.7 Å². The van der Waals surface area contributed by atoms with Crippen LogP contribution in [0.15, 0.2) is 98.5 Å². The summed E-state index contributed by atoms with van der Waals surface area (Å²) in [4.78, 5) is 51.7. The fourth-order valence-electron chi connectivity index (χ4n) is 9.72. The molecule has 3 aromatic carbocycles. The molecule has 1 saturated carbocycles. The lowest BCUT2D eigenvalue weighted by atomic mass is 9.84. The normalized spacial score (nSPS) is 26.0. The van der Waals surface area contributed by atoms with Crippen molar-refractivity contribution in [3.63, 3.8) is 0 Å². The number of carboxylic acids is 1. The lowest BCUT2D eigenvalue weighted by Gasteiger charge is -2.51. The van der Waals surface area contributed by atoms with E-state index in [9.17, 15) is 60.3 Å². The van der Waals surface area contributed by atoms with Gasteiger partial charge in [0.05, 0.1) is 17.6 Å². The summed E-state index contributed by atoms with van der Waals surface area (Å²) in [6.45, 7) is 0.331. The zero-order valence-corrected chi connectivity index (χ0v) is 37.8. The van der Waals surface area contributed by atoms with Crippen LogP contribution >= 0.6 is 0 Å². The molecule has 2 fully saturated rings. The molecule has 4 aromatic rings.